The minimum Gasteiger partial charge on any atom is -0.444 e. The van der Waals surface area contributed by atoms with Gasteiger partial charge < -0.3 is 15.4 Å². The zero-order chi connectivity index (χ0) is 16.9. The van der Waals surface area contributed by atoms with Crippen molar-refractivity contribution in [3.63, 3.8) is 0 Å². The summed E-state index contributed by atoms with van der Waals surface area (Å²) in [5.41, 5.74) is -0.175. The molecule has 1 rings (SSSR count). The highest BCUT2D eigenvalue weighted by atomic mass is 35.5. The third-order valence-electron chi connectivity index (χ3n) is 2.51. The van der Waals surface area contributed by atoms with Crippen LogP contribution in [-0.4, -0.2) is 29.2 Å². The van der Waals surface area contributed by atoms with E-state index < -0.39 is 16.6 Å². The Morgan fingerprint density at radius 1 is 1.45 bits per heavy atom. The first-order valence-corrected chi connectivity index (χ1v) is 7.13. The topological polar surface area (TPSA) is 93.5 Å². The lowest BCUT2D eigenvalue weighted by molar-refractivity contribution is -0.384. The number of carbonyl (C=O) groups excluding carboxylic acids is 1. The second kappa shape index (κ2) is 7.31. The van der Waals surface area contributed by atoms with Crippen LogP contribution in [0.4, 0.5) is 16.2 Å². The average molecular weight is 330 g/mol. The number of nitro groups is 1. The summed E-state index contributed by atoms with van der Waals surface area (Å²) in [4.78, 5) is 21.8. The van der Waals surface area contributed by atoms with Crippen molar-refractivity contribution in [3.8, 4) is 0 Å². The van der Waals surface area contributed by atoms with Gasteiger partial charge in [0.2, 0.25) is 0 Å². The number of ether oxygens (including phenoxy) is 1. The lowest BCUT2D eigenvalue weighted by Gasteiger charge is -2.21. The molecule has 1 aromatic rings. The highest BCUT2D eigenvalue weighted by Gasteiger charge is 2.17. The number of rotatable bonds is 5. The zero-order valence-corrected chi connectivity index (χ0v) is 13.7. The molecule has 0 aliphatic carbocycles. The Hall–Kier alpha value is -2.02. The van der Waals surface area contributed by atoms with Gasteiger partial charge in [-0.05, 0) is 39.8 Å². The van der Waals surface area contributed by atoms with Gasteiger partial charge >= 0.3 is 6.09 Å². The fraction of sp³-hybridized carbons (Fsp3) is 0.500. The van der Waals surface area contributed by atoms with Crippen LogP contribution in [0, 0.1) is 10.1 Å². The SMILES string of the molecule is CC(CNC(=O)OC(C)(C)C)Nc1ccc(Cl)c([N+](=O)[O-])c1. The average Bonchev–Trinajstić information content (AvgIpc) is 2.36. The van der Waals surface area contributed by atoms with Gasteiger partial charge in [-0.15, -0.1) is 0 Å². The first kappa shape index (κ1) is 18.0. The largest absolute Gasteiger partial charge is 0.444 e. The summed E-state index contributed by atoms with van der Waals surface area (Å²) in [5.74, 6) is 0. The number of anilines is 1. The Balaban J connectivity index is 2.55. The fourth-order valence-electron chi connectivity index (χ4n) is 1.63. The van der Waals surface area contributed by atoms with Gasteiger partial charge in [0.1, 0.15) is 10.6 Å². The lowest BCUT2D eigenvalue weighted by Crippen LogP contribution is -2.38. The molecule has 0 heterocycles. The van der Waals surface area contributed by atoms with Crippen LogP contribution in [0.3, 0.4) is 0 Å². The number of amides is 1. The Bertz CT molecular complexity index is 558. The summed E-state index contributed by atoms with van der Waals surface area (Å²) in [5, 5.41) is 16.6. The minimum atomic E-state index is -0.558. The lowest BCUT2D eigenvalue weighted by atomic mass is 10.2. The van der Waals surface area contributed by atoms with Crippen molar-refractivity contribution >= 4 is 29.1 Å². The van der Waals surface area contributed by atoms with Gasteiger partial charge in [-0.25, -0.2) is 4.79 Å². The number of hydrogen-bond donors (Lipinski definition) is 2. The molecule has 2 N–H and O–H groups in total. The van der Waals surface area contributed by atoms with Crippen molar-refractivity contribution in [2.75, 3.05) is 11.9 Å². The molecule has 0 spiro atoms. The summed E-state index contributed by atoms with van der Waals surface area (Å²) >= 11 is 5.75. The molecule has 8 heteroatoms. The number of benzene rings is 1. The highest BCUT2D eigenvalue weighted by Crippen LogP contribution is 2.27. The van der Waals surface area contributed by atoms with Crippen molar-refractivity contribution in [1.29, 1.82) is 0 Å². The van der Waals surface area contributed by atoms with Crippen LogP contribution in [0.5, 0.6) is 0 Å². The first-order valence-electron chi connectivity index (χ1n) is 6.76. The zero-order valence-electron chi connectivity index (χ0n) is 13.0. The molecule has 1 aromatic carbocycles. The Morgan fingerprint density at radius 3 is 2.64 bits per heavy atom. The van der Waals surface area contributed by atoms with E-state index in [0.717, 1.165) is 0 Å². The molecular formula is C14H20ClN3O4. The second-order valence-corrected chi connectivity index (χ2v) is 6.26. The van der Waals surface area contributed by atoms with Crippen LogP contribution in [0.15, 0.2) is 18.2 Å². The number of carbonyl (C=O) groups is 1. The van der Waals surface area contributed by atoms with E-state index in [1.54, 1.807) is 26.8 Å². The van der Waals surface area contributed by atoms with E-state index in [0.29, 0.717) is 12.2 Å². The Morgan fingerprint density at radius 2 is 2.09 bits per heavy atom. The first-order chi connectivity index (χ1) is 10.1. The molecule has 1 atom stereocenters. The predicted molar refractivity (Wildman–Crippen MR) is 85.4 cm³/mol. The molecule has 0 saturated carbocycles. The summed E-state index contributed by atoms with van der Waals surface area (Å²) in [6.07, 6.45) is -0.511. The third kappa shape index (κ3) is 6.17. The molecule has 0 aliphatic heterocycles. The van der Waals surface area contributed by atoms with Crippen LogP contribution >= 0.6 is 11.6 Å². The number of hydrogen-bond acceptors (Lipinski definition) is 5. The maximum Gasteiger partial charge on any atom is 0.407 e. The number of nitrogens with zero attached hydrogens (tertiary/aromatic N) is 1. The van der Waals surface area contributed by atoms with E-state index >= 15 is 0 Å². The molecule has 1 unspecified atom stereocenters. The number of nitro benzene ring substituents is 1. The predicted octanol–water partition coefficient (Wildman–Crippen LogP) is 3.57. The van der Waals surface area contributed by atoms with E-state index in [1.807, 2.05) is 6.92 Å². The number of alkyl carbamates (subject to hydrolysis) is 1. The highest BCUT2D eigenvalue weighted by molar-refractivity contribution is 6.32. The van der Waals surface area contributed by atoms with E-state index in [1.165, 1.54) is 12.1 Å². The van der Waals surface area contributed by atoms with Crippen molar-refractivity contribution < 1.29 is 14.5 Å². The smallest absolute Gasteiger partial charge is 0.407 e. The third-order valence-corrected chi connectivity index (χ3v) is 2.83. The van der Waals surface area contributed by atoms with Crippen LogP contribution < -0.4 is 10.6 Å². The van der Waals surface area contributed by atoms with Crippen LogP contribution in [0.2, 0.25) is 5.02 Å². The molecule has 7 nitrogen and oxygen atoms in total. The van der Waals surface area contributed by atoms with E-state index in [2.05, 4.69) is 10.6 Å². The molecule has 0 aliphatic rings. The van der Waals surface area contributed by atoms with Gasteiger partial charge in [0.25, 0.3) is 5.69 Å². The fourth-order valence-corrected chi connectivity index (χ4v) is 1.82. The summed E-state index contributed by atoms with van der Waals surface area (Å²) < 4.78 is 5.12. The molecule has 0 bridgehead atoms. The summed E-state index contributed by atoms with van der Waals surface area (Å²) in [6.45, 7) is 7.48. The molecule has 22 heavy (non-hydrogen) atoms. The summed E-state index contributed by atoms with van der Waals surface area (Å²) in [6, 6.07) is 4.30. The van der Waals surface area contributed by atoms with Crippen molar-refractivity contribution in [3.05, 3.63) is 33.3 Å². The van der Waals surface area contributed by atoms with Gasteiger partial charge in [-0.2, -0.15) is 0 Å². The molecule has 0 radical (unpaired) electrons. The van der Waals surface area contributed by atoms with Gasteiger partial charge in [-0.1, -0.05) is 11.6 Å². The van der Waals surface area contributed by atoms with E-state index in [9.17, 15) is 14.9 Å². The van der Waals surface area contributed by atoms with E-state index in [-0.39, 0.29) is 16.8 Å². The Kier molecular flexibility index (Phi) is 5.99. The Labute approximate surface area is 134 Å². The van der Waals surface area contributed by atoms with Crippen LogP contribution in [0.1, 0.15) is 27.7 Å². The van der Waals surface area contributed by atoms with E-state index in [4.69, 9.17) is 16.3 Å². The molecule has 0 fully saturated rings. The van der Waals surface area contributed by atoms with Crippen molar-refractivity contribution in [1.82, 2.24) is 5.32 Å². The monoisotopic (exact) mass is 329 g/mol. The van der Waals surface area contributed by atoms with Crippen molar-refractivity contribution in [2.45, 2.75) is 39.3 Å². The van der Waals surface area contributed by atoms with Gasteiger partial charge in [-0.3, -0.25) is 10.1 Å². The van der Waals surface area contributed by atoms with Crippen molar-refractivity contribution in [2.24, 2.45) is 0 Å². The quantitative estimate of drug-likeness (QED) is 0.636. The molecule has 0 saturated heterocycles. The molecule has 0 aromatic heterocycles. The molecule has 1 amide bonds. The van der Waals surface area contributed by atoms with Crippen LogP contribution in [0.25, 0.3) is 0 Å². The van der Waals surface area contributed by atoms with Gasteiger partial charge in [0, 0.05) is 24.3 Å². The number of nitrogens with one attached hydrogen (secondary N) is 2. The molecular weight excluding hydrogens is 310 g/mol. The maximum atomic E-state index is 11.5. The minimum absolute atomic E-state index is 0.0788. The normalized spacial score (nSPS) is 12.4. The van der Waals surface area contributed by atoms with Crippen LogP contribution in [-0.2, 0) is 4.74 Å². The van der Waals surface area contributed by atoms with Gasteiger partial charge in [0.15, 0.2) is 0 Å². The second-order valence-electron chi connectivity index (χ2n) is 5.85. The number of halogens is 1. The molecule has 122 valence electrons. The maximum absolute atomic E-state index is 11.5. The standard InChI is InChI=1S/C14H20ClN3O4/c1-9(8-16-13(19)22-14(2,3)4)17-10-5-6-11(15)12(7-10)18(20)21/h5-7,9,17H,8H2,1-4H3,(H,16,19). The summed E-state index contributed by atoms with van der Waals surface area (Å²) in [7, 11) is 0. The van der Waals surface area contributed by atoms with Gasteiger partial charge in [0.05, 0.1) is 4.92 Å².